The number of hydrogen-bond acceptors (Lipinski definition) is 6. The Bertz CT molecular complexity index is 2490. The van der Waals surface area contributed by atoms with E-state index in [4.69, 9.17) is 14.2 Å². The van der Waals surface area contributed by atoms with Gasteiger partial charge < -0.3 is 29.7 Å². The number of fused-ring (bicyclic) bond motifs is 2. The van der Waals surface area contributed by atoms with Crippen molar-refractivity contribution in [1.82, 2.24) is 15.5 Å². The van der Waals surface area contributed by atoms with Crippen molar-refractivity contribution in [2.24, 2.45) is 0 Å². The maximum absolute atomic E-state index is 14.1. The molecular formula is C54H57N3O5. The first-order valence-corrected chi connectivity index (χ1v) is 21.7. The summed E-state index contributed by atoms with van der Waals surface area (Å²) in [6.45, 7) is 3.71. The van der Waals surface area contributed by atoms with Crippen LogP contribution >= 0.6 is 0 Å². The van der Waals surface area contributed by atoms with E-state index in [1.807, 2.05) is 89.8 Å². The molecule has 7 aromatic rings. The van der Waals surface area contributed by atoms with Crippen molar-refractivity contribution in [2.45, 2.75) is 45.1 Å². The Balaban J connectivity index is 0.843. The standard InChI is InChI=1S/C54H57N3O5/c1-60-51-23-11-10-21-49(51)41-25-27-42(28-26-41)54(59)57(35-31-40-15-4-3-5-16-40)39-45-29-30-46(38-52(45)61-2)62-36-13-24-53(58)56-34-14-33-55-32-12-22-50-47-19-8-6-17-43(47)37-44-18-7-9-20-48(44)50/h3-11,15-21,23,25-30,37-38,55H,12-14,22,24,31-36,39H2,1-2H3,(H,56,58). The van der Waals surface area contributed by atoms with Gasteiger partial charge in [0, 0.05) is 48.8 Å². The SMILES string of the molecule is COc1cc(OCCCC(=O)NCCCNCCCc2c3ccccc3cc3ccccc23)ccc1CN(CCc1ccccc1)C(=O)c1ccc(-c2ccccc2OC)cc1. The van der Waals surface area contributed by atoms with Crippen LogP contribution in [0.5, 0.6) is 17.2 Å². The number of nitrogens with zero attached hydrogens (tertiary/aromatic N) is 1. The Hall–Kier alpha value is -6.64. The molecule has 0 saturated heterocycles. The highest BCUT2D eigenvalue weighted by Gasteiger charge is 2.19. The lowest BCUT2D eigenvalue weighted by Crippen LogP contribution is -2.32. The zero-order valence-corrected chi connectivity index (χ0v) is 35.9. The van der Waals surface area contributed by atoms with Crippen LogP contribution in [0.4, 0.5) is 0 Å². The van der Waals surface area contributed by atoms with E-state index in [2.05, 4.69) is 77.4 Å². The first-order chi connectivity index (χ1) is 30.5. The molecule has 2 N–H and O–H groups in total. The largest absolute Gasteiger partial charge is 0.496 e. The molecule has 2 amide bonds. The first kappa shape index (κ1) is 43.4. The fraction of sp³-hybridized carbons (Fsp3) is 0.259. The Kier molecular flexibility index (Phi) is 15.6. The minimum Gasteiger partial charge on any atom is -0.496 e. The molecule has 8 heteroatoms. The van der Waals surface area contributed by atoms with Gasteiger partial charge in [0.2, 0.25) is 5.91 Å². The Morgan fingerprint density at radius 1 is 0.613 bits per heavy atom. The highest BCUT2D eigenvalue weighted by atomic mass is 16.5. The van der Waals surface area contributed by atoms with E-state index in [9.17, 15) is 9.59 Å². The topological polar surface area (TPSA) is 89.1 Å². The van der Waals surface area contributed by atoms with Crippen molar-refractivity contribution < 1.29 is 23.8 Å². The number of amides is 2. The molecule has 0 unspecified atom stereocenters. The molecule has 0 aromatic heterocycles. The number of carbonyl (C=O) groups excluding carboxylic acids is 2. The van der Waals surface area contributed by atoms with Gasteiger partial charge in [0.15, 0.2) is 0 Å². The van der Waals surface area contributed by atoms with Crippen molar-refractivity contribution in [1.29, 1.82) is 0 Å². The van der Waals surface area contributed by atoms with Crippen LogP contribution < -0.4 is 24.8 Å². The Morgan fingerprint density at radius 3 is 2.03 bits per heavy atom. The molecule has 0 radical (unpaired) electrons. The molecule has 8 nitrogen and oxygen atoms in total. The van der Waals surface area contributed by atoms with E-state index < -0.39 is 0 Å². The molecule has 318 valence electrons. The van der Waals surface area contributed by atoms with Gasteiger partial charge in [-0.3, -0.25) is 9.59 Å². The maximum atomic E-state index is 14.1. The molecule has 7 rings (SSSR count). The predicted molar refractivity (Wildman–Crippen MR) is 251 cm³/mol. The summed E-state index contributed by atoms with van der Waals surface area (Å²) < 4.78 is 17.4. The third-order valence-corrected chi connectivity index (χ3v) is 11.3. The lowest BCUT2D eigenvalue weighted by atomic mass is 9.94. The number of carbonyl (C=O) groups is 2. The molecule has 62 heavy (non-hydrogen) atoms. The second-order valence-corrected chi connectivity index (χ2v) is 15.5. The Labute approximate surface area is 365 Å². The van der Waals surface area contributed by atoms with E-state index in [-0.39, 0.29) is 11.8 Å². The average molecular weight is 828 g/mol. The van der Waals surface area contributed by atoms with E-state index in [1.165, 1.54) is 27.1 Å². The van der Waals surface area contributed by atoms with Gasteiger partial charge in [-0.05, 0) is 120 Å². The number of ether oxygens (including phenoxy) is 3. The van der Waals surface area contributed by atoms with Crippen LogP contribution in [0.1, 0.15) is 52.7 Å². The summed E-state index contributed by atoms with van der Waals surface area (Å²) in [5.74, 6) is 2.04. The molecule has 0 saturated carbocycles. The first-order valence-electron chi connectivity index (χ1n) is 21.7. The second-order valence-electron chi connectivity index (χ2n) is 15.5. The quantitative estimate of drug-likeness (QED) is 0.0523. The highest BCUT2D eigenvalue weighted by Crippen LogP contribution is 2.32. The van der Waals surface area contributed by atoms with E-state index in [1.54, 1.807) is 14.2 Å². The number of aryl methyl sites for hydroxylation is 1. The van der Waals surface area contributed by atoms with Gasteiger partial charge in [0.1, 0.15) is 17.2 Å². The summed E-state index contributed by atoms with van der Waals surface area (Å²) in [4.78, 5) is 28.5. The predicted octanol–water partition coefficient (Wildman–Crippen LogP) is 10.4. The number of benzene rings is 7. The molecule has 0 aliphatic carbocycles. The molecule has 0 fully saturated rings. The molecule has 0 bridgehead atoms. The normalized spacial score (nSPS) is 11.1. The second kappa shape index (κ2) is 22.3. The molecule has 0 spiro atoms. The van der Waals surface area contributed by atoms with E-state index >= 15 is 0 Å². The summed E-state index contributed by atoms with van der Waals surface area (Å²) in [5, 5.41) is 11.9. The highest BCUT2D eigenvalue weighted by molar-refractivity contribution is 6.02. The molecule has 0 atom stereocenters. The van der Waals surface area contributed by atoms with Gasteiger partial charge in [-0.15, -0.1) is 0 Å². The van der Waals surface area contributed by atoms with Crippen LogP contribution in [0.25, 0.3) is 32.7 Å². The van der Waals surface area contributed by atoms with Gasteiger partial charge in [-0.2, -0.15) is 0 Å². The van der Waals surface area contributed by atoms with Crippen LogP contribution in [0.2, 0.25) is 0 Å². The number of methoxy groups -OCH3 is 2. The third-order valence-electron chi connectivity index (χ3n) is 11.3. The van der Waals surface area contributed by atoms with E-state index in [0.29, 0.717) is 62.6 Å². The van der Waals surface area contributed by atoms with Crippen molar-refractivity contribution in [3.63, 3.8) is 0 Å². The molecule has 0 heterocycles. The van der Waals surface area contributed by atoms with Crippen LogP contribution in [0.3, 0.4) is 0 Å². The smallest absolute Gasteiger partial charge is 0.254 e. The average Bonchev–Trinajstić information content (AvgIpc) is 3.32. The van der Waals surface area contributed by atoms with Crippen molar-refractivity contribution in [3.05, 3.63) is 174 Å². The number of para-hydroxylation sites is 1. The fourth-order valence-electron chi connectivity index (χ4n) is 8.01. The summed E-state index contributed by atoms with van der Waals surface area (Å²) in [6.07, 6.45) is 4.63. The summed E-state index contributed by atoms with van der Waals surface area (Å²) in [6, 6.07) is 51.0. The van der Waals surface area contributed by atoms with Crippen LogP contribution in [-0.2, 0) is 24.2 Å². The van der Waals surface area contributed by atoms with Crippen LogP contribution in [0, 0.1) is 0 Å². The maximum Gasteiger partial charge on any atom is 0.254 e. The lowest BCUT2D eigenvalue weighted by molar-refractivity contribution is -0.121. The minimum absolute atomic E-state index is 0.0269. The van der Waals surface area contributed by atoms with Crippen LogP contribution in [-0.4, -0.2) is 63.7 Å². The van der Waals surface area contributed by atoms with E-state index in [0.717, 1.165) is 60.4 Å². The molecule has 0 aliphatic rings. The monoisotopic (exact) mass is 827 g/mol. The summed E-state index contributed by atoms with van der Waals surface area (Å²) >= 11 is 0. The molecular weight excluding hydrogens is 771 g/mol. The Morgan fingerprint density at radius 2 is 1.29 bits per heavy atom. The lowest BCUT2D eigenvalue weighted by Gasteiger charge is -2.24. The van der Waals surface area contributed by atoms with Crippen molar-refractivity contribution in [3.8, 4) is 28.4 Å². The van der Waals surface area contributed by atoms with Gasteiger partial charge in [-0.1, -0.05) is 109 Å². The zero-order valence-electron chi connectivity index (χ0n) is 35.9. The summed E-state index contributed by atoms with van der Waals surface area (Å²) in [5.41, 5.74) is 6.00. The van der Waals surface area contributed by atoms with Gasteiger partial charge >= 0.3 is 0 Å². The number of hydrogen-bond donors (Lipinski definition) is 2. The molecule has 0 aliphatic heterocycles. The van der Waals surface area contributed by atoms with Crippen LogP contribution in [0.15, 0.2) is 152 Å². The zero-order chi connectivity index (χ0) is 42.9. The van der Waals surface area contributed by atoms with Gasteiger partial charge in [0.05, 0.1) is 20.8 Å². The number of rotatable bonds is 22. The van der Waals surface area contributed by atoms with Gasteiger partial charge in [0.25, 0.3) is 5.91 Å². The van der Waals surface area contributed by atoms with Crippen molar-refractivity contribution in [2.75, 3.05) is 47.0 Å². The summed E-state index contributed by atoms with van der Waals surface area (Å²) in [7, 11) is 3.29. The molecule has 7 aromatic carbocycles. The number of nitrogens with one attached hydrogen (secondary N) is 2. The van der Waals surface area contributed by atoms with Gasteiger partial charge in [-0.25, -0.2) is 0 Å². The minimum atomic E-state index is -0.0638. The third kappa shape index (κ3) is 11.6. The van der Waals surface area contributed by atoms with Crippen molar-refractivity contribution >= 4 is 33.4 Å². The fourth-order valence-corrected chi connectivity index (χ4v) is 8.01.